The van der Waals surface area contributed by atoms with E-state index in [9.17, 15) is 0 Å². The molecular weight excluding hydrogens is 366 g/mol. The van der Waals surface area contributed by atoms with Crippen LogP contribution in [0.1, 0.15) is 11.1 Å². The number of nitrogens with one attached hydrogen (secondary N) is 2. The second-order valence-electron chi connectivity index (χ2n) is 6.50. The topological polar surface area (TPSA) is 87.6 Å². The Bertz CT molecular complexity index is 928. The van der Waals surface area contributed by atoms with Gasteiger partial charge in [-0.3, -0.25) is 0 Å². The van der Waals surface area contributed by atoms with E-state index in [0.717, 1.165) is 24.2 Å². The lowest BCUT2D eigenvalue weighted by molar-refractivity contribution is 0.122. The highest BCUT2D eigenvalue weighted by atomic mass is 16.5. The molecule has 4 rings (SSSR count). The average molecular weight is 389 g/mol. The van der Waals surface area contributed by atoms with Crippen LogP contribution in [0.3, 0.4) is 0 Å². The molecular formula is C21H23N7O. The molecule has 29 heavy (non-hydrogen) atoms. The van der Waals surface area contributed by atoms with Gasteiger partial charge in [-0.1, -0.05) is 60.7 Å². The van der Waals surface area contributed by atoms with E-state index >= 15 is 0 Å². The first-order valence-corrected chi connectivity index (χ1v) is 9.57. The van der Waals surface area contributed by atoms with Crippen LogP contribution in [0.25, 0.3) is 0 Å². The van der Waals surface area contributed by atoms with E-state index in [0.29, 0.717) is 37.6 Å². The number of rotatable bonds is 7. The Morgan fingerprint density at radius 2 is 1.59 bits per heavy atom. The molecule has 0 radical (unpaired) electrons. The summed E-state index contributed by atoms with van der Waals surface area (Å²) >= 11 is 0. The van der Waals surface area contributed by atoms with Crippen molar-refractivity contribution in [3.63, 3.8) is 0 Å². The van der Waals surface area contributed by atoms with Crippen LogP contribution in [-0.4, -0.2) is 47.5 Å². The second-order valence-corrected chi connectivity index (χ2v) is 6.50. The molecule has 0 bridgehead atoms. The number of hydrogen-bond acceptors (Lipinski definition) is 8. The molecule has 0 spiro atoms. The first-order chi connectivity index (χ1) is 14.4. The Morgan fingerprint density at radius 3 is 2.34 bits per heavy atom. The highest BCUT2D eigenvalue weighted by Crippen LogP contribution is 2.16. The summed E-state index contributed by atoms with van der Waals surface area (Å²) in [6.45, 7) is 3.44. The van der Waals surface area contributed by atoms with Gasteiger partial charge in [0.2, 0.25) is 17.8 Å². The Labute approximate surface area is 169 Å². The number of aromatic nitrogens is 3. The summed E-state index contributed by atoms with van der Waals surface area (Å²) in [5.74, 6) is 1.50. The summed E-state index contributed by atoms with van der Waals surface area (Å²) in [7, 11) is 0. The Morgan fingerprint density at radius 1 is 0.897 bits per heavy atom. The van der Waals surface area contributed by atoms with Crippen molar-refractivity contribution in [2.45, 2.75) is 6.54 Å². The summed E-state index contributed by atoms with van der Waals surface area (Å²) in [4.78, 5) is 15.7. The number of hydrogen-bond donors (Lipinski definition) is 2. The van der Waals surface area contributed by atoms with Gasteiger partial charge in [-0.2, -0.15) is 20.1 Å². The van der Waals surface area contributed by atoms with Crippen LogP contribution in [0.4, 0.5) is 17.8 Å². The van der Waals surface area contributed by atoms with E-state index < -0.39 is 0 Å². The molecule has 8 nitrogen and oxygen atoms in total. The molecule has 2 aromatic carbocycles. The fourth-order valence-corrected chi connectivity index (χ4v) is 2.88. The van der Waals surface area contributed by atoms with Crippen molar-refractivity contribution in [3.05, 3.63) is 71.8 Å². The summed E-state index contributed by atoms with van der Waals surface area (Å²) in [6.07, 6.45) is 1.73. The fraction of sp³-hybridized carbons (Fsp3) is 0.238. The zero-order valence-corrected chi connectivity index (χ0v) is 16.0. The van der Waals surface area contributed by atoms with Crippen molar-refractivity contribution in [1.29, 1.82) is 0 Å². The van der Waals surface area contributed by atoms with Crippen LogP contribution in [0.2, 0.25) is 0 Å². The lowest BCUT2D eigenvalue weighted by atomic mass is 10.2. The molecule has 0 amide bonds. The third-order valence-corrected chi connectivity index (χ3v) is 4.39. The van der Waals surface area contributed by atoms with Crippen LogP contribution in [0, 0.1) is 0 Å². The van der Waals surface area contributed by atoms with E-state index in [1.54, 1.807) is 6.21 Å². The SMILES string of the molecule is C(=N\Nc1nc(NCc2ccccc2)nc(N2CCOCC2)n1)/c1ccccc1. The Hall–Kier alpha value is -3.52. The van der Waals surface area contributed by atoms with Gasteiger partial charge < -0.3 is 15.0 Å². The van der Waals surface area contributed by atoms with Crippen molar-refractivity contribution in [2.75, 3.05) is 41.9 Å². The minimum Gasteiger partial charge on any atom is -0.378 e. The largest absolute Gasteiger partial charge is 0.378 e. The number of ether oxygens (including phenoxy) is 1. The van der Waals surface area contributed by atoms with Gasteiger partial charge in [-0.15, -0.1) is 0 Å². The lowest BCUT2D eigenvalue weighted by Crippen LogP contribution is -2.37. The van der Waals surface area contributed by atoms with Crippen molar-refractivity contribution in [1.82, 2.24) is 15.0 Å². The van der Waals surface area contributed by atoms with Crippen LogP contribution in [0.15, 0.2) is 65.8 Å². The van der Waals surface area contributed by atoms with Crippen molar-refractivity contribution in [2.24, 2.45) is 5.10 Å². The molecule has 3 aromatic rings. The van der Waals surface area contributed by atoms with Gasteiger partial charge in [-0.25, -0.2) is 5.43 Å². The third kappa shape index (κ3) is 5.49. The van der Waals surface area contributed by atoms with Gasteiger partial charge in [0.05, 0.1) is 19.4 Å². The van der Waals surface area contributed by atoms with Crippen molar-refractivity contribution >= 4 is 24.1 Å². The van der Waals surface area contributed by atoms with Crippen LogP contribution >= 0.6 is 0 Å². The highest BCUT2D eigenvalue weighted by molar-refractivity contribution is 5.79. The number of anilines is 3. The fourth-order valence-electron chi connectivity index (χ4n) is 2.88. The summed E-state index contributed by atoms with van der Waals surface area (Å²) in [5.41, 5.74) is 5.06. The predicted octanol–water partition coefficient (Wildman–Crippen LogP) is 2.77. The summed E-state index contributed by atoms with van der Waals surface area (Å²) in [5, 5.41) is 7.54. The van der Waals surface area contributed by atoms with Gasteiger partial charge >= 0.3 is 0 Å². The first-order valence-electron chi connectivity index (χ1n) is 9.57. The maximum Gasteiger partial charge on any atom is 0.250 e. The summed E-state index contributed by atoms with van der Waals surface area (Å²) in [6, 6.07) is 20.0. The van der Waals surface area contributed by atoms with Gasteiger partial charge in [0.25, 0.3) is 0 Å². The Balaban J connectivity index is 1.51. The molecule has 1 aliphatic rings. The van der Waals surface area contributed by atoms with Crippen LogP contribution in [-0.2, 0) is 11.3 Å². The normalized spacial score (nSPS) is 14.1. The van der Waals surface area contributed by atoms with Gasteiger partial charge in [0.15, 0.2) is 0 Å². The average Bonchev–Trinajstić information content (AvgIpc) is 2.80. The van der Waals surface area contributed by atoms with Crippen molar-refractivity contribution in [3.8, 4) is 0 Å². The second kappa shape index (κ2) is 9.61. The van der Waals surface area contributed by atoms with E-state index in [-0.39, 0.29) is 0 Å². The van der Waals surface area contributed by atoms with Crippen LogP contribution in [0.5, 0.6) is 0 Å². The number of morpholine rings is 1. The smallest absolute Gasteiger partial charge is 0.250 e. The molecule has 0 unspecified atom stereocenters. The van der Waals surface area contributed by atoms with E-state index in [4.69, 9.17) is 4.74 Å². The Kier molecular flexibility index (Phi) is 6.24. The van der Waals surface area contributed by atoms with E-state index in [2.05, 4.69) is 47.8 Å². The number of benzene rings is 2. The quantitative estimate of drug-likeness (QED) is 0.474. The number of hydrazone groups is 1. The van der Waals surface area contributed by atoms with Gasteiger partial charge in [0.1, 0.15) is 0 Å². The maximum atomic E-state index is 5.43. The molecule has 148 valence electrons. The monoisotopic (exact) mass is 389 g/mol. The molecule has 1 saturated heterocycles. The molecule has 2 N–H and O–H groups in total. The lowest BCUT2D eigenvalue weighted by Gasteiger charge is -2.27. The first kappa shape index (κ1) is 18.8. The van der Waals surface area contributed by atoms with E-state index in [1.807, 2.05) is 48.5 Å². The molecule has 1 fully saturated rings. The molecule has 2 heterocycles. The maximum absolute atomic E-state index is 5.43. The summed E-state index contributed by atoms with van der Waals surface area (Å²) < 4.78 is 5.43. The predicted molar refractivity (Wildman–Crippen MR) is 114 cm³/mol. The molecule has 1 aromatic heterocycles. The zero-order valence-electron chi connectivity index (χ0n) is 16.0. The molecule has 0 saturated carbocycles. The van der Waals surface area contributed by atoms with Gasteiger partial charge in [0, 0.05) is 19.6 Å². The standard InChI is InChI=1S/C21H23N7O/c1-3-7-17(8-4-1)15-22-19-24-20(27-23-16-18-9-5-2-6-10-18)26-21(25-19)28-11-13-29-14-12-28/h1-10,16H,11-15H2,(H2,22,24,25,26,27)/b23-16+. The molecule has 1 aliphatic heterocycles. The third-order valence-electron chi connectivity index (χ3n) is 4.39. The molecule has 0 aliphatic carbocycles. The highest BCUT2D eigenvalue weighted by Gasteiger charge is 2.16. The molecule has 0 atom stereocenters. The number of nitrogens with zero attached hydrogens (tertiary/aromatic N) is 5. The minimum absolute atomic E-state index is 0.393. The zero-order chi connectivity index (χ0) is 19.7. The van der Waals surface area contributed by atoms with Crippen LogP contribution < -0.4 is 15.6 Å². The molecule has 8 heteroatoms. The van der Waals surface area contributed by atoms with Gasteiger partial charge in [-0.05, 0) is 11.1 Å². The van der Waals surface area contributed by atoms with E-state index in [1.165, 1.54) is 0 Å². The van der Waals surface area contributed by atoms with Crippen molar-refractivity contribution < 1.29 is 4.74 Å². The minimum atomic E-state index is 0.393.